The van der Waals surface area contributed by atoms with E-state index in [9.17, 15) is 4.79 Å². The number of carboxylic acid groups (broad SMARTS) is 1. The number of rotatable bonds is 2. The van der Waals surface area contributed by atoms with E-state index in [1.807, 2.05) is 30.3 Å². The molecule has 15 heavy (non-hydrogen) atoms. The molecule has 2 atom stereocenters. The van der Waals surface area contributed by atoms with Gasteiger partial charge in [-0.15, -0.1) is 0 Å². The average molecular weight is 206 g/mol. The van der Waals surface area contributed by atoms with Gasteiger partial charge in [0.2, 0.25) is 0 Å². The van der Waals surface area contributed by atoms with E-state index < -0.39 is 12.1 Å². The summed E-state index contributed by atoms with van der Waals surface area (Å²) in [6.45, 7) is 0.556. The van der Waals surface area contributed by atoms with Crippen molar-refractivity contribution in [1.82, 2.24) is 0 Å². The summed E-state index contributed by atoms with van der Waals surface area (Å²) in [5.74, 6) is -0.860. The van der Waals surface area contributed by atoms with Gasteiger partial charge in [-0.1, -0.05) is 30.3 Å². The van der Waals surface area contributed by atoms with Crippen molar-refractivity contribution in [2.24, 2.45) is 0 Å². The number of hydrogen-bond acceptors (Lipinski definition) is 2. The zero-order chi connectivity index (χ0) is 10.7. The largest absolute Gasteiger partial charge is 0.479 e. The van der Waals surface area contributed by atoms with Gasteiger partial charge >= 0.3 is 5.97 Å². The zero-order valence-electron chi connectivity index (χ0n) is 8.43. The number of carbonyl (C=O) groups is 1. The second kappa shape index (κ2) is 4.45. The topological polar surface area (TPSA) is 46.5 Å². The molecule has 0 unspecified atom stereocenters. The first-order chi connectivity index (χ1) is 7.29. The van der Waals surface area contributed by atoms with E-state index >= 15 is 0 Å². The van der Waals surface area contributed by atoms with Gasteiger partial charge in [-0.2, -0.15) is 0 Å². The third-order valence-electron chi connectivity index (χ3n) is 2.79. The number of aliphatic carboxylic acids is 1. The maximum atomic E-state index is 11.0. The van der Waals surface area contributed by atoms with Crippen molar-refractivity contribution < 1.29 is 14.6 Å². The second-order valence-corrected chi connectivity index (χ2v) is 3.79. The maximum absolute atomic E-state index is 11.0. The molecule has 0 amide bonds. The highest BCUT2D eigenvalue weighted by Crippen LogP contribution is 2.30. The smallest absolute Gasteiger partial charge is 0.333 e. The van der Waals surface area contributed by atoms with Crippen molar-refractivity contribution in [3.63, 3.8) is 0 Å². The minimum atomic E-state index is -0.858. The van der Waals surface area contributed by atoms with Crippen LogP contribution >= 0.6 is 0 Å². The second-order valence-electron chi connectivity index (χ2n) is 3.79. The number of benzene rings is 1. The van der Waals surface area contributed by atoms with E-state index in [0.29, 0.717) is 6.61 Å². The standard InChI is InChI=1S/C12H14O3/c13-12(14)11-10(7-4-8-15-11)9-5-2-1-3-6-9/h1-3,5-6,10-11H,4,7-8H2,(H,13,14)/t10-,11+/m0/s1. The van der Waals surface area contributed by atoms with Crippen LogP contribution in [-0.4, -0.2) is 23.8 Å². The highest BCUT2D eigenvalue weighted by molar-refractivity contribution is 5.74. The summed E-state index contributed by atoms with van der Waals surface area (Å²) in [7, 11) is 0. The lowest BCUT2D eigenvalue weighted by atomic mass is 9.87. The number of hydrogen-bond donors (Lipinski definition) is 1. The summed E-state index contributed by atoms with van der Waals surface area (Å²) in [5, 5.41) is 9.04. The van der Waals surface area contributed by atoms with Crippen LogP contribution in [0.5, 0.6) is 0 Å². The lowest BCUT2D eigenvalue weighted by molar-refractivity contribution is -0.154. The van der Waals surface area contributed by atoms with E-state index in [0.717, 1.165) is 18.4 Å². The Morgan fingerprint density at radius 1 is 1.33 bits per heavy atom. The van der Waals surface area contributed by atoms with Gasteiger partial charge < -0.3 is 9.84 Å². The van der Waals surface area contributed by atoms with Gasteiger partial charge in [0.25, 0.3) is 0 Å². The van der Waals surface area contributed by atoms with Gasteiger partial charge in [-0.3, -0.25) is 0 Å². The van der Waals surface area contributed by atoms with Crippen LogP contribution in [0.4, 0.5) is 0 Å². The van der Waals surface area contributed by atoms with Crippen LogP contribution in [0.15, 0.2) is 30.3 Å². The summed E-state index contributed by atoms with van der Waals surface area (Å²) in [5.41, 5.74) is 1.06. The lowest BCUT2D eigenvalue weighted by Gasteiger charge is -2.29. The number of carboxylic acids is 1. The van der Waals surface area contributed by atoms with Gasteiger partial charge in [0.1, 0.15) is 0 Å². The first-order valence-corrected chi connectivity index (χ1v) is 5.18. The summed E-state index contributed by atoms with van der Waals surface area (Å²) in [4.78, 5) is 11.0. The fourth-order valence-electron chi connectivity index (χ4n) is 2.07. The molecule has 1 fully saturated rings. The van der Waals surface area contributed by atoms with E-state index in [1.54, 1.807) is 0 Å². The molecular formula is C12H14O3. The normalized spacial score (nSPS) is 26.1. The van der Waals surface area contributed by atoms with Crippen LogP contribution in [0.3, 0.4) is 0 Å². The molecule has 1 N–H and O–H groups in total. The molecule has 1 aliphatic rings. The molecule has 0 spiro atoms. The van der Waals surface area contributed by atoms with Crippen molar-refractivity contribution >= 4 is 5.97 Å². The fraction of sp³-hybridized carbons (Fsp3) is 0.417. The average Bonchev–Trinajstić information content (AvgIpc) is 2.30. The molecule has 1 aromatic rings. The van der Waals surface area contributed by atoms with E-state index in [-0.39, 0.29) is 5.92 Å². The maximum Gasteiger partial charge on any atom is 0.333 e. The molecular weight excluding hydrogens is 192 g/mol. The number of ether oxygens (including phenoxy) is 1. The third kappa shape index (κ3) is 2.18. The monoisotopic (exact) mass is 206 g/mol. The molecule has 80 valence electrons. The van der Waals surface area contributed by atoms with E-state index in [2.05, 4.69) is 0 Å². The van der Waals surface area contributed by atoms with E-state index in [4.69, 9.17) is 9.84 Å². The Bertz CT molecular complexity index is 334. The Kier molecular flexibility index (Phi) is 3.02. The molecule has 1 heterocycles. The first-order valence-electron chi connectivity index (χ1n) is 5.18. The molecule has 0 saturated carbocycles. The van der Waals surface area contributed by atoms with Crippen LogP contribution in [0.2, 0.25) is 0 Å². The Balaban J connectivity index is 2.22. The highest BCUT2D eigenvalue weighted by Gasteiger charge is 2.32. The fourth-order valence-corrected chi connectivity index (χ4v) is 2.07. The van der Waals surface area contributed by atoms with E-state index in [1.165, 1.54) is 0 Å². The van der Waals surface area contributed by atoms with Crippen LogP contribution < -0.4 is 0 Å². The van der Waals surface area contributed by atoms with Crippen molar-refractivity contribution in [3.05, 3.63) is 35.9 Å². The predicted molar refractivity (Wildman–Crippen MR) is 55.8 cm³/mol. The van der Waals surface area contributed by atoms with Crippen molar-refractivity contribution in [2.75, 3.05) is 6.61 Å². The Labute approximate surface area is 88.7 Å². The predicted octanol–water partition coefficient (Wildman–Crippen LogP) is 2.03. The summed E-state index contributed by atoms with van der Waals surface area (Å²) < 4.78 is 5.31. The molecule has 1 saturated heterocycles. The summed E-state index contributed by atoms with van der Waals surface area (Å²) >= 11 is 0. The quantitative estimate of drug-likeness (QED) is 0.805. The lowest BCUT2D eigenvalue weighted by Crippen LogP contribution is -2.34. The molecule has 2 rings (SSSR count). The molecule has 0 radical (unpaired) electrons. The van der Waals surface area contributed by atoms with Gasteiger partial charge in [-0.05, 0) is 18.4 Å². The summed E-state index contributed by atoms with van der Waals surface area (Å²) in [6, 6.07) is 9.74. The highest BCUT2D eigenvalue weighted by atomic mass is 16.5. The zero-order valence-corrected chi connectivity index (χ0v) is 8.43. The van der Waals surface area contributed by atoms with Gasteiger partial charge in [0.05, 0.1) is 0 Å². The van der Waals surface area contributed by atoms with Gasteiger partial charge in [0, 0.05) is 12.5 Å². The van der Waals surface area contributed by atoms with Crippen LogP contribution in [0.1, 0.15) is 24.3 Å². The Hall–Kier alpha value is -1.35. The Morgan fingerprint density at radius 3 is 2.73 bits per heavy atom. The molecule has 3 nitrogen and oxygen atoms in total. The molecule has 1 aliphatic heterocycles. The minimum absolute atomic E-state index is 0.00236. The van der Waals surface area contributed by atoms with Crippen molar-refractivity contribution in [3.8, 4) is 0 Å². The third-order valence-corrected chi connectivity index (χ3v) is 2.79. The summed E-state index contributed by atoms with van der Waals surface area (Å²) in [6.07, 6.45) is 1.14. The molecule has 1 aromatic carbocycles. The Morgan fingerprint density at radius 2 is 2.07 bits per heavy atom. The molecule has 3 heteroatoms. The van der Waals surface area contributed by atoms with Crippen molar-refractivity contribution in [1.29, 1.82) is 0 Å². The van der Waals surface area contributed by atoms with Crippen LogP contribution in [-0.2, 0) is 9.53 Å². The molecule has 0 aliphatic carbocycles. The minimum Gasteiger partial charge on any atom is -0.479 e. The SMILES string of the molecule is O=C(O)[C@@H]1OCCC[C@H]1c1ccccc1. The van der Waals surface area contributed by atoms with Crippen LogP contribution in [0.25, 0.3) is 0 Å². The first kappa shape index (κ1) is 10.2. The van der Waals surface area contributed by atoms with Crippen molar-refractivity contribution in [2.45, 2.75) is 24.9 Å². The molecule has 0 aromatic heterocycles. The van der Waals surface area contributed by atoms with Gasteiger partial charge in [-0.25, -0.2) is 4.79 Å². The molecule has 0 bridgehead atoms. The van der Waals surface area contributed by atoms with Crippen LogP contribution in [0, 0.1) is 0 Å². The van der Waals surface area contributed by atoms with Gasteiger partial charge in [0.15, 0.2) is 6.10 Å².